The summed E-state index contributed by atoms with van der Waals surface area (Å²) in [5.41, 5.74) is 0.410. The second-order valence-electron chi connectivity index (χ2n) is 6.35. The standard InChI is InChI=1S/C22H17F3N2O2/c1-14-11-12-16(13-19(14)27-20(28)15-7-3-2-4-8-15)21(29)26-18-10-6-5-9-17(18)22(23,24)25/h2-13H,1H3,(H,26,29)(H,27,28). The van der Waals surface area contributed by atoms with Crippen LogP contribution in [-0.2, 0) is 6.18 Å². The third kappa shape index (κ3) is 4.82. The van der Waals surface area contributed by atoms with Crippen molar-refractivity contribution in [2.75, 3.05) is 10.6 Å². The molecular formula is C22H17F3N2O2. The molecule has 7 heteroatoms. The van der Waals surface area contributed by atoms with Gasteiger partial charge in [0.15, 0.2) is 0 Å². The zero-order chi connectivity index (χ0) is 21.0. The minimum Gasteiger partial charge on any atom is -0.322 e. The molecule has 0 atom stereocenters. The summed E-state index contributed by atoms with van der Waals surface area (Å²) in [5.74, 6) is -1.06. The average molecular weight is 398 g/mol. The van der Waals surface area contributed by atoms with Gasteiger partial charge in [0.2, 0.25) is 0 Å². The van der Waals surface area contributed by atoms with E-state index < -0.39 is 17.6 Å². The number of halogens is 3. The van der Waals surface area contributed by atoms with Gasteiger partial charge in [-0.25, -0.2) is 0 Å². The molecule has 0 aliphatic carbocycles. The quantitative estimate of drug-likeness (QED) is 0.608. The highest BCUT2D eigenvalue weighted by molar-refractivity contribution is 6.08. The van der Waals surface area contributed by atoms with E-state index in [2.05, 4.69) is 10.6 Å². The number of carbonyl (C=O) groups excluding carboxylic acids is 2. The fraction of sp³-hybridized carbons (Fsp3) is 0.0909. The molecule has 3 rings (SSSR count). The summed E-state index contributed by atoms with van der Waals surface area (Å²) in [7, 11) is 0. The molecule has 3 aromatic carbocycles. The average Bonchev–Trinajstić information content (AvgIpc) is 2.69. The van der Waals surface area contributed by atoms with Gasteiger partial charge in [0.25, 0.3) is 11.8 Å². The van der Waals surface area contributed by atoms with Crippen LogP contribution in [0.5, 0.6) is 0 Å². The van der Waals surface area contributed by atoms with Gasteiger partial charge in [0, 0.05) is 16.8 Å². The Morgan fingerprint density at radius 2 is 1.31 bits per heavy atom. The van der Waals surface area contributed by atoms with Gasteiger partial charge in [-0.15, -0.1) is 0 Å². The molecule has 3 aromatic rings. The van der Waals surface area contributed by atoms with Crippen molar-refractivity contribution in [2.45, 2.75) is 13.1 Å². The highest BCUT2D eigenvalue weighted by Crippen LogP contribution is 2.34. The van der Waals surface area contributed by atoms with E-state index in [1.807, 2.05) is 0 Å². The van der Waals surface area contributed by atoms with E-state index in [0.717, 1.165) is 6.07 Å². The predicted octanol–water partition coefficient (Wildman–Crippen LogP) is 5.52. The summed E-state index contributed by atoms with van der Waals surface area (Å²) in [6.07, 6.45) is -4.59. The van der Waals surface area contributed by atoms with Gasteiger partial charge in [0.05, 0.1) is 11.3 Å². The number of hydrogen-bond acceptors (Lipinski definition) is 2. The Morgan fingerprint density at radius 3 is 2.00 bits per heavy atom. The number of nitrogens with one attached hydrogen (secondary N) is 2. The number of para-hydroxylation sites is 1. The van der Waals surface area contributed by atoms with Crippen molar-refractivity contribution in [2.24, 2.45) is 0 Å². The van der Waals surface area contributed by atoms with E-state index in [4.69, 9.17) is 0 Å². The van der Waals surface area contributed by atoms with Crippen LogP contribution in [0.3, 0.4) is 0 Å². The largest absolute Gasteiger partial charge is 0.418 e. The number of rotatable bonds is 4. The highest BCUT2D eigenvalue weighted by atomic mass is 19.4. The Labute approximate surface area is 165 Å². The molecule has 4 nitrogen and oxygen atoms in total. The molecule has 0 saturated carbocycles. The highest BCUT2D eigenvalue weighted by Gasteiger charge is 2.33. The Morgan fingerprint density at radius 1 is 0.724 bits per heavy atom. The van der Waals surface area contributed by atoms with Gasteiger partial charge >= 0.3 is 6.18 Å². The molecule has 0 bridgehead atoms. The summed E-state index contributed by atoms with van der Waals surface area (Å²) >= 11 is 0. The van der Waals surface area contributed by atoms with E-state index in [0.29, 0.717) is 16.8 Å². The van der Waals surface area contributed by atoms with E-state index in [-0.39, 0.29) is 17.2 Å². The first-order valence-electron chi connectivity index (χ1n) is 8.70. The summed E-state index contributed by atoms with van der Waals surface area (Å²) in [4.78, 5) is 24.9. The van der Waals surface area contributed by atoms with Crippen molar-refractivity contribution < 1.29 is 22.8 Å². The van der Waals surface area contributed by atoms with Crippen molar-refractivity contribution in [3.8, 4) is 0 Å². The monoisotopic (exact) mass is 398 g/mol. The molecule has 0 fully saturated rings. The van der Waals surface area contributed by atoms with Crippen LogP contribution in [0.25, 0.3) is 0 Å². The first kappa shape index (κ1) is 20.1. The van der Waals surface area contributed by atoms with Gasteiger partial charge in [-0.3, -0.25) is 9.59 Å². The minimum absolute atomic E-state index is 0.121. The van der Waals surface area contributed by atoms with E-state index >= 15 is 0 Å². The van der Waals surface area contributed by atoms with Gasteiger partial charge < -0.3 is 10.6 Å². The second kappa shape index (κ2) is 8.18. The number of alkyl halides is 3. The molecular weight excluding hydrogens is 381 g/mol. The van der Waals surface area contributed by atoms with Crippen molar-refractivity contribution in [1.29, 1.82) is 0 Å². The van der Waals surface area contributed by atoms with Gasteiger partial charge in [-0.05, 0) is 48.9 Å². The van der Waals surface area contributed by atoms with Crippen LogP contribution in [0, 0.1) is 6.92 Å². The van der Waals surface area contributed by atoms with Gasteiger partial charge in [0.1, 0.15) is 0 Å². The van der Waals surface area contributed by atoms with Gasteiger partial charge in [-0.2, -0.15) is 13.2 Å². The SMILES string of the molecule is Cc1ccc(C(=O)Nc2ccccc2C(F)(F)F)cc1NC(=O)c1ccccc1. The topological polar surface area (TPSA) is 58.2 Å². The lowest BCUT2D eigenvalue weighted by molar-refractivity contribution is -0.136. The summed E-state index contributed by atoms with van der Waals surface area (Å²) in [5, 5.41) is 5.02. The van der Waals surface area contributed by atoms with Crippen LogP contribution >= 0.6 is 0 Å². The number of aryl methyl sites for hydroxylation is 1. The normalized spacial score (nSPS) is 11.0. The molecule has 29 heavy (non-hydrogen) atoms. The lowest BCUT2D eigenvalue weighted by Crippen LogP contribution is -2.17. The van der Waals surface area contributed by atoms with Crippen LogP contribution in [0.2, 0.25) is 0 Å². The molecule has 148 valence electrons. The van der Waals surface area contributed by atoms with Crippen LogP contribution in [0.15, 0.2) is 72.8 Å². The molecule has 0 aromatic heterocycles. The number of carbonyl (C=O) groups is 2. The Hall–Kier alpha value is -3.61. The third-order valence-corrected chi connectivity index (χ3v) is 4.26. The summed E-state index contributed by atoms with van der Waals surface area (Å²) in [6, 6.07) is 17.8. The molecule has 0 unspecified atom stereocenters. The Balaban J connectivity index is 1.83. The lowest BCUT2D eigenvalue weighted by atomic mass is 10.1. The number of benzene rings is 3. The maximum absolute atomic E-state index is 13.1. The van der Waals surface area contributed by atoms with Crippen LogP contribution in [0.1, 0.15) is 31.8 Å². The van der Waals surface area contributed by atoms with Crippen molar-refractivity contribution in [3.05, 3.63) is 95.1 Å². The third-order valence-electron chi connectivity index (χ3n) is 4.26. The van der Waals surface area contributed by atoms with Crippen LogP contribution in [-0.4, -0.2) is 11.8 Å². The second-order valence-corrected chi connectivity index (χ2v) is 6.35. The zero-order valence-electron chi connectivity index (χ0n) is 15.4. The van der Waals surface area contributed by atoms with Crippen molar-refractivity contribution >= 4 is 23.2 Å². The zero-order valence-corrected chi connectivity index (χ0v) is 15.4. The molecule has 0 saturated heterocycles. The molecule has 2 amide bonds. The molecule has 0 aliphatic heterocycles. The smallest absolute Gasteiger partial charge is 0.322 e. The fourth-order valence-electron chi connectivity index (χ4n) is 2.72. The number of hydrogen-bond donors (Lipinski definition) is 2. The first-order chi connectivity index (χ1) is 13.8. The van der Waals surface area contributed by atoms with Gasteiger partial charge in [-0.1, -0.05) is 36.4 Å². The first-order valence-corrected chi connectivity index (χ1v) is 8.70. The molecule has 0 radical (unpaired) electrons. The number of anilines is 2. The Kier molecular flexibility index (Phi) is 5.68. The van der Waals surface area contributed by atoms with Crippen molar-refractivity contribution in [3.63, 3.8) is 0 Å². The number of amides is 2. The van der Waals surface area contributed by atoms with E-state index in [9.17, 15) is 22.8 Å². The lowest BCUT2D eigenvalue weighted by Gasteiger charge is -2.14. The minimum atomic E-state index is -4.59. The molecule has 0 spiro atoms. The van der Waals surface area contributed by atoms with Crippen molar-refractivity contribution in [1.82, 2.24) is 0 Å². The summed E-state index contributed by atoms with van der Waals surface area (Å²) in [6.45, 7) is 1.75. The molecule has 2 N–H and O–H groups in total. The summed E-state index contributed by atoms with van der Waals surface area (Å²) < 4.78 is 39.4. The maximum Gasteiger partial charge on any atom is 0.418 e. The predicted molar refractivity (Wildman–Crippen MR) is 105 cm³/mol. The van der Waals surface area contributed by atoms with Crippen LogP contribution in [0.4, 0.5) is 24.5 Å². The molecule has 0 aliphatic rings. The van der Waals surface area contributed by atoms with Crippen LogP contribution < -0.4 is 10.6 Å². The maximum atomic E-state index is 13.1. The fourth-order valence-corrected chi connectivity index (χ4v) is 2.72. The van der Waals surface area contributed by atoms with E-state index in [1.54, 1.807) is 43.3 Å². The van der Waals surface area contributed by atoms with E-state index in [1.165, 1.54) is 30.3 Å². The Bertz CT molecular complexity index is 1050. The molecule has 0 heterocycles.